The average Bonchev–Trinajstić information content (AvgIpc) is 3.24. The van der Waals surface area contributed by atoms with Gasteiger partial charge in [0.1, 0.15) is 11.6 Å². The highest BCUT2D eigenvalue weighted by Gasteiger charge is 2.20. The highest BCUT2D eigenvalue weighted by atomic mass is 19.1. The molecule has 0 saturated heterocycles. The molecule has 1 aromatic carbocycles. The number of nitrogens with one attached hydrogen (secondary N) is 1. The lowest BCUT2D eigenvalue weighted by Gasteiger charge is -2.09. The summed E-state index contributed by atoms with van der Waals surface area (Å²) < 4.78 is 23.5. The van der Waals surface area contributed by atoms with E-state index in [1.807, 2.05) is 6.07 Å². The van der Waals surface area contributed by atoms with E-state index in [-0.39, 0.29) is 11.8 Å². The second-order valence-electron chi connectivity index (χ2n) is 4.98. The highest BCUT2D eigenvalue weighted by molar-refractivity contribution is 5.69. The Bertz CT molecular complexity index is 460. The van der Waals surface area contributed by atoms with Gasteiger partial charge in [-0.2, -0.15) is 0 Å². The molecule has 0 amide bonds. The lowest BCUT2D eigenvalue weighted by Crippen LogP contribution is -2.15. The Morgan fingerprint density at radius 2 is 2.20 bits per heavy atom. The van der Waals surface area contributed by atoms with E-state index in [0.29, 0.717) is 37.8 Å². The molecule has 0 radical (unpaired) electrons. The van der Waals surface area contributed by atoms with Crippen molar-refractivity contribution in [3.63, 3.8) is 0 Å². The van der Waals surface area contributed by atoms with Gasteiger partial charge >= 0.3 is 5.97 Å². The van der Waals surface area contributed by atoms with Crippen LogP contribution in [0, 0.1) is 5.82 Å². The van der Waals surface area contributed by atoms with Crippen LogP contribution in [0.4, 0.5) is 4.39 Å². The van der Waals surface area contributed by atoms with Crippen molar-refractivity contribution in [3.8, 4) is 5.75 Å². The van der Waals surface area contributed by atoms with Crippen LogP contribution in [0.5, 0.6) is 5.75 Å². The van der Waals surface area contributed by atoms with Crippen LogP contribution < -0.4 is 10.1 Å². The van der Waals surface area contributed by atoms with Gasteiger partial charge in [0.15, 0.2) is 0 Å². The zero-order valence-electron chi connectivity index (χ0n) is 11.7. The van der Waals surface area contributed by atoms with Gasteiger partial charge in [-0.25, -0.2) is 4.39 Å². The number of methoxy groups -OCH3 is 1. The third-order valence-electron chi connectivity index (χ3n) is 3.12. The van der Waals surface area contributed by atoms with Gasteiger partial charge in [-0.15, -0.1) is 0 Å². The van der Waals surface area contributed by atoms with E-state index in [9.17, 15) is 9.18 Å². The van der Waals surface area contributed by atoms with Gasteiger partial charge in [0.05, 0.1) is 13.7 Å². The van der Waals surface area contributed by atoms with E-state index in [1.165, 1.54) is 32.1 Å². The third-order valence-corrected chi connectivity index (χ3v) is 3.12. The standard InChI is InChI=1S/C15H20FNO3/c1-19-15(18)3-2-6-20-14-8-11(7-12(16)9-14)10-17-13-4-5-13/h7-9,13,17H,2-6,10H2,1H3. The molecule has 0 unspecified atom stereocenters. The maximum Gasteiger partial charge on any atom is 0.305 e. The molecule has 0 aliphatic heterocycles. The van der Waals surface area contributed by atoms with Crippen LogP contribution in [0.25, 0.3) is 0 Å². The van der Waals surface area contributed by atoms with E-state index in [2.05, 4.69) is 10.1 Å². The Morgan fingerprint density at radius 1 is 1.40 bits per heavy atom. The fourth-order valence-electron chi connectivity index (χ4n) is 1.86. The summed E-state index contributed by atoms with van der Waals surface area (Å²) in [4.78, 5) is 10.9. The zero-order chi connectivity index (χ0) is 14.4. The molecule has 0 spiro atoms. The molecule has 1 aliphatic rings. The van der Waals surface area contributed by atoms with Gasteiger partial charge in [-0.05, 0) is 37.0 Å². The summed E-state index contributed by atoms with van der Waals surface area (Å²) in [5, 5.41) is 3.33. The monoisotopic (exact) mass is 281 g/mol. The molecular weight excluding hydrogens is 261 g/mol. The molecule has 2 rings (SSSR count). The quantitative estimate of drug-likeness (QED) is 0.587. The Labute approximate surface area is 118 Å². The first kappa shape index (κ1) is 14.8. The fraction of sp³-hybridized carbons (Fsp3) is 0.533. The van der Waals surface area contributed by atoms with Gasteiger partial charge in [0, 0.05) is 25.1 Å². The average molecular weight is 281 g/mol. The summed E-state index contributed by atoms with van der Waals surface area (Å²) in [6, 6.07) is 5.29. The van der Waals surface area contributed by atoms with Crippen molar-refractivity contribution in [2.45, 2.75) is 38.3 Å². The first-order valence-electron chi connectivity index (χ1n) is 6.90. The second kappa shape index (κ2) is 7.24. The number of halogens is 1. The number of carbonyl (C=O) groups is 1. The lowest BCUT2D eigenvalue weighted by molar-refractivity contribution is -0.140. The summed E-state index contributed by atoms with van der Waals surface area (Å²) in [5.74, 6) is -0.0623. The molecule has 1 fully saturated rings. The number of hydrogen-bond donors (Lipinski definition) is 1. The third kappa shape index (κ3) is 5.17. The molecule has 4 nitrogen and oxygen atoms in total. The minimum Gasteiger partial charge on any atom is -0.493 e. The first-order valence-corrected chi connectivity index (χ1v) is 6.90. The molecule has 5 heteroatoms. The summed E-state index contributed by atoms with van der Waals surface area (Å²) in [5.41, 5.74) is 0.875. The zero-order valence-corrected chi connectivity index (χ0v) is 11.7. The van der Waals surface area contributed by atoms with Crippen LogP contribution in [0.3, 0.4) is 0 Å². The molecule has 1 saturated carbocycles. The van der Waals surface area contributed by atoms with E-state index in [1.54, 1.807) is 0 Å². The number of hydrogen-bond acceptors (Lipinski definition) is 4. The molecule has 0 aromatic heterocycles. The van der Waals surface area contributed by atoms with Crippen molar-refractivity contribution in [3.05, 3.63) is 29.6 Å². The highest BCUT2D eigenvalue weighted by Crippen LogP contribution is 2.21. The van der Waals surface area contributed by atoms with Gasteiger partial charge in [0.2, 0.25) is 0 Å². The molecule has 1 N–H and O–H groups in total. The van der Waals surface area contributed by atoms with Crippen LogP contribution in [0.2, 0.25) is 0 Å². The summed E-state index contributed by atoms with van der Waals surface area (Å²) in [6.45, 7) is 1.02. The Morgan fingerprint density at radius 3 is 2.90 bits per heavy atom. The first-order chi connectivity index (χ1) is 9.67. The van der Waals surface area contributed by atoms with Crippen LogP contribution in [0.1, 0.15) is 31.2 Å². The predicted molar refractivity (Wildman–Crippen MR) is 73.0 cm³/mol. The molecule has 1 aromatic rings. The predicted octanol–water partition coefficient (Wildman–Crippen LogP) is 2.41. The van der Waals surface area contributed by atoms with Gasteiger partial charge < -0.3 is 14.8 Å². The van der Waals surface area contributed by atoms with E-state index < -0.39 is 0 Å². The van der Waals surface area contributed by atoms with Crippen molar-refractivity contribution >= 4 is 5.97 Å². The number of rotatable bonds is 8. The molecule has 0 atom stereocenters. The van der Waals surface area contributed by atoms with Crippen molar-refractivity contribution in [1.82, 2.24) is 5.32 Å². The van der Waals surface area contributed by atoms with Crippen molar-refractivity contribution < 1.29 is 18.7 Å². The smallest absolute Gasteiger partial charge is 0.305 e. The second-order valence-corrected chi connectivity index (χ2v) is 4.98. The van der Waals surface area contributed by atoms with Gasteiger partial charge in [0.25, 0.3) is 0 Å². The van der Waals surface area contributed by atoms with Crippen molar-refractivity contribution in [1.29, 1.82) is 0 Å². The fourth-order valence-corrected chi connectivity index (χ4v) is 1.86. The van der Waals surface area contributed by atoms with Crippen LogP contribution in [-0.4, -0.2) is 25.7 Å². The largest absolute Gasteiger partial charge is 0.493 e. The molecule has 20 heavy (non-hydrogen) atoms. The number of esters is 1. The van der Waals surface area contributed by atoms with Crippen LogP contribution >= 0.6 is 0 Å². The Kier molecular flexibility index (Phi) is 5.35. The Balaban J connectivity index is 1.78. The number of ether oxygens (including phenoxy) is 2. The van der Waals surface area contributed by atoms with E-state index in [0.717, 1.165) is 5.56 Å². The van der Waals surface area contributed by atoms with Crippen molar-refractivity contribution in [2.75, 3.05) is 13.7 Å². The molecule has 1 aliphatic carbocycles. The minimum absolute atomic E-state index is 0.262. The maximum atomic E-state index is 13.5. The van der Waals surface area contributed by atoms with E-state index in [4.69, 9.17) is 4.74 Å². The number of benzene rings is 1. The summed E-state index contributed by atoms with van der Waals surface area (Å²) in [6.07, 6.45) is 3.26. The minimum atomic E-state index is -0.303. The molecule has 110 valence electrons. The normalized spacial score (nSPS) is 14.1. The lowest BCUT2D eigenvalue weighted by atomic mass is 10.2. The molecular formula is C15H20FNO3. The molecule has 0 bridgehead atoms. The van der Waals surface area contributed by atoms with E-state index >= 15 is 0 Å². The maximum absolute atomic E-state index is 13.5. The van der Waals surface area contributed by atoms with Gasteiger partial charge in [-0.1, -0.05) is 0 Å². The van der Waals surface area contributed by atoms with Crippen LogP contribution in [0.15, 0.2) is 18.2 Å². The number of carbonyl (C=O) groups excluding carboxylic acids is 1. The van der Waals surface area contributed by atoms with Gasteiger partial charge in [-0.3, -0.25) is 4.79 Å². The summed E-state index contributed by atoms with van der Waals surface area (Å²) >= 11 is 0. The van der Waals surface area contributed by atoms with Crippen LogP contribution in [-0.2, 0) is 16.1 Å². The van der Waals surface area contributed by atoms with Crippen molar-refractivity contribution in [2.24, 2.45) is 0 Å². The summed E-state index contributed by atoms with van der Waals surface area (Å²) in [7, 11) is 1.36. The SMILES string of the molecule is COC(=O)CCCOc1cc(F)cc(CNC2CC2)c1. The topological polar surface area (TPSA) is 47.6 Å². The Hall–Kier alpha value is -1.62. The molecule has 0 heterocycles.